The summed E-state index contributed by atoms with van der Waals surface area (Å²) in [6.07, 6.45) is 3.84. The number of carbonyl (C=O) groups is 2. The van der Waals surface area contributed by atoms with Crippen LogP contribution in [0.5, 0.6) is 0 Å². The second kappa shape index (κ2) is 7.41. The van der Waals surface area contributed by atoms with Crippen molar-refractivity contribution in [1.29, 1.82) is 0 Å². The maximum Gasteiger partial charge on any atom is 0.308 e. The Balaban J connectivity index is 2.13. The van der Waals surface area contributed by atoms with Crippen LogP contribution in [0, 0.1) is 5.92 Å². The smallest absolute Gasteiger partial charge is 0.308 e. The molecule has 0 radical (unpaired) electrons. The Morgan fingerprint density at radius 1 is 1.26 bits per heavy atom. The van der Waals surface area contributed by atoms with Gasteiger partial charge in [0.15, 0.2) is 0 Å². The molecule has 0 aromatic carbocycles. The number of sulfonamides is 1. The summed E-state index contributed by atoms with van der Waals surface area (Å²) in [5, 5.41) is 13.5. The van der Waals surface area contributed by atoms with Crippen molar-refractivity contribution in [1.82, 2.24) is 10.0 Å². The van der Waals surface area contributed by atoms with Crippen molar-refractivity contribution in [3.8, 4) is 0 Å². The maximum absolute atomic E-state index is 12.3. The monoisotopic (exact) mass is 360 g/mol. The van der Waals surface area contributed by atoms with Gasteiger partial charge in [-0.3, -0.25) is 9.59 Å². The lowest BCUT2D eigenvalue weighted by Gasteiger charge is -2.22. The van der Waals surface area contributed by atoms with Crippen LogP contribution in [0.4, 0.5) is 0 Å². The number of hydrogen-bond donors (Lipinski definition) is 3. The second-order valence-electron chi connectivity index (χ2n) is 5.52. The summed E-state index contributed by atoms with van der Waals surface area (Å²) >= 11 is 1.02. The molecule has 7 nitrogen and oxygen atoms in total. The quantitative estimate of drug-likeness (QED) is 0.688. The minimum absolute atomic E-state index is 0.0331. The summed E-state index contributed by atoms with van der Waals surface area (Å²) < 4.78 is 25.6. The van der Waals surface area contributed by atoms with Crippen LogP contribution in [0.2, 0.25) is 0 Å². The lowest BCUT2D eigenvalue weighted by atomic mass is 9.95. The first-order valence-corrected chi connectivity index (χ1v) is 9.77. The summed E-state index contributed by atoms with van der Waals surface area (Å²) in [6.45, 7) is 0. The van der Waals surface area contributed by atoms with Crippen LogP contribution in [0.1, 0.15) is 41.8 Å². The fraction of sp³-hybridized carbons (Fsp3) is 0.571. The Labute approximate surface area is 139 Å². The van der Waals surface area contributed by atoms with Crippen LogP contribution in [-0.2, 0) is 14.8 Å². The van der Waals surface area contributed by atoms with Crippen LogP contribution in [-0.4, -0.2) is 38.5 Å². The molecule has 1 aromatic heterocycles. The third kappa shape index (κ3) is 4.30. The topological polar surface area (TPSA) is 113 Å². The molecule has 1 heterocycles. The number of amides is 1. The van der Waals surface area contributed by atoms with Gasteiger partial charge in [-0.15, -0.1) is 11.3 Å². The van der Waals surface area contributed by atoms with Gasteiger partial charge in [-0.25, -0.2) is 13.1 Å². The van der Waals surface area contributed by atoms with E-state index in [-0.39, 0.29) is 9.77 Å². The van der Waals surface area contributed by atoms with Gasteiger partial charge in [0.25, 0.3) is 5.91 Å². The number of nitrogens with one attached hydrogen (secondary N) is 2. The number of rotatable bonds is 5. The van der Waals surface area contributed by atoms with Crippen molar-refractivity contribution in [3.05, 3.63) is 16.3 Å². The minimum atomic E-state index is -3.59. The lowest BCUT2D eigenvalue weighted by Crippen LogP contribution is -2.42. The SMILES string of the molecule is CNS(=O)(=O)c1csc(C(=O)N[C@H]2CCCCC[C@H]2C(=O)O)c1. The standard InChI is InChI=1S/C14H20N2O5S2/c1-15-23(20,21)9-7-12(22-8-9)13(17)16-11-6-4-2-3-5-10(11)14(18)19/h7-8,10-11,15H,2-6H2,1H3,(H,16,17)(H,18,19)/t10-,11+/m1/s1. The van der Waals surface area contributed by atoms with Crippen molar-refractivity contribution in [2.75, 3.05) is 7.05 Å². The predicted octanol–water partition coefficient (Wildman–Crippen LogP) is 1.42. The van der Waals surface area contributed by atoms with E-state index in [0.29, 0.717) is 12.8 Å². The molecule has 0 spiro atoms. The van der Waals surface area contributed by atoms with Gasteiger partial charge in [-0.05, 0) is 26.0 Å². The van der Waals surface area contributed by atoms with E-state index >= 15 is 0 Å². The fourth-order valence-electron chi connectivity index (χ4n) is 2.71. The lowest BCUT2D eigenvalue weighted by molar-refractivity contribution is -0.142. The average molecular weight is 360 g/mol. The van der Waals surface area contributed by atoms with Gasteiger partial charge in [-0.2, -0.15) is 0 Å². The van der Waals surface area contributed by atoms with E-state index < -0.39 is 33.9 Å². The third-order valence-electron chi connectivity index (χ3n) is 4.03. The highest BCUT2D eigenvalue weighted by Gasteiger charge is 2.31. The van der Waals surface area contributed by atoms with E-state index in [4.69, 9.17) is 0 Å². The Hall–Kier alpha value is -1.45. The first-order chi connectivity index (χ1) is 10.8. The van der Waals surface area contributed by atoms with Gasteiger partial charge in [0.2, 0.25) is 10.0 Å². The zero-order valence-corrected chi connectivity index (χ0v) is 14.4. The molecule has 1 aliphatic carbocycles. The molecule has 2 rings (SSSR count). The Bertz CT molecular complexity index is 683. The minimum Gasteiger partial charge on any atom is -0.481 e. The van der Waals surface area contributed by atoms with E-state index in [0.717, 1.165) is 30.6 Å². The fourth-order valence-corrected chi connectivity index (χ4v) is 4.62. The molecule has 0 bridgehead atoms. The molecule has 0 unspecified atom stereocenters. The number of hydrogen-bond acceptors (Lipinski definition) is 5. The molecular formula is C14H20N2O5S2. The molecule has 1 saturated carbocycles. The number of carboxylic acids is 1. The van der Waals surface area contributed by atoms with Crippen LogP contribution in [0.3, 0.4) is 0 Å². The number of carbonyl (C=O) groups excluding carboxylic acids is 1. The van der Waals surface area contributed by atoms with Crippen molar-refractivity contribution in [2.24, 2.45) is 5.92 Å². The van der Waals surface area contributed by atoms with Crippen molar-refractivity contribution >= 4 is 33.2 Å². The molecule has 1 amide bonds. The first kappa shape index (κ1) is 17.9. The van der Waals surface area contributed by atoms with Crippen molar-refractivity contribution < 1.29 is 23.1 Å². The summed E-state index contributed by atoms with van der Waals surface area (Å²) in [5.41, 5.74) is 0. The summed E-state index contributed by atoms with van der Waals surface area (Å²) in [6, 6.07) is 0.882. The van der Waals surface area contributed by atoms with E-state index in [2.05, 4.69) is 10.0 Å². The number of thiophene rings is 1. The zero-order chi connectivity index (χ0) is 17.0. The summed E-state index contributed by atoms with van der Waals surface area (Å²) in [5.74, 6) is -1.92. The predicted molar refractivity (Wildman–Crippen MR) is 86.0 cm³/mol. The molecular weight excluding hydrogens is 340 g/mol. The third-order valence-corrected chi connectivity index (χ3v) is 6.50. The van der Waals surface area contributed by atoms with E-state index in [9.17, 15) is 23.1 Å². The summed E-state index contributed by atoms with van der Waals surface area (Å²) in [4.78, 5) is 24.0. The molecule has 0 aliphatic heterocycles. The van der Waals surface area contributed by atoms with Crippen LogP contribution < -0.4 is 10.0 Å². The Morgan fingerprint density at radius 2 is 1.96 bits per heavy atom. The Morgan fingerprint density at radius 3 is 2.61 bits per heavy atom. The summed E-state index contributed by atoms with van der Waals surface area (Å²) in [7, 11) is -2.29. The van der Waals surface area contributed by atoms with Gasteiger partial charge in [0, 0.05) is 11.4 Å². The van der Waals surface area contributed by atoms with Gasteiger partial charge in [0.05, 0.1) is 15.7 Å². The largest absolute Gasteiger partial charge is 0.481 e. The molecule has 1 fully saturated rings. The molecule has 0 saturated heterocycles. The highest BCUT2D eigenvalue weighted by Crippen LogP contribution is 2.25. The molecule has 1 aliphatic rings. The molecule has 23 heavy (non-hydrogen) atoms. The van der Waals surface area contributed by atoms with Crippen molar-refractivity contribution in [3.63, 3.8) is 0 Å². The van der Waals surface area contributed by atoms with Gasteiger partial charge in [0.1, 0.15) is 0 Å². The molecule has 128 valence electrons. The second-order valence-corrected chi connectivity index (χ2v) is 8.31. The van der Waals surface area contributed by atoms with Crippen LogP contribution >= 0.6 is 11.3 Å². The van der Waals surface area contributed by atoms with Gasteiger partial charge in [-0.1, -0.05) is 19.3 Å². The molecule has 2 atom stereocenters. The highest BCUT2D eigenvalue weighted by molar-refractivity contribution is 7.89. The molecule has 1 aromatic rings. The van der Waals surface area contributed by atoms with E-state index in [1.54, 1.807) is 0 Å². The molecule has 3 N–H and O–H groups in total. The number of aliphatic carboxylic acids is 1. The number of carboxylic acid groups (broad SMARTS) is 1. The Kier molecular flexibility index (Phi) is 5.77. The van der Waals surface area contributed by atoms with Crippen molar-refractivity contribution in [2.45, 2.75) is 43.0 Å². The van der Waals surface area contributed by atoms with Gasteiger partial charge >= 0.3 is 5.97 Å². The highest BCUT2D eigenvalue weighted by atomic mass is 32.2. The molecule has 9 heteroatoms. The zero-order valence-electron chi connectivity index (χ0n) is 12.7. The van der Waals surface area contributed by atoms with E-state index in [1.807, 2.05) is 0 Å². The van der Waals surface area contributed by atoms with Crippen LogP contribution in [0.25, 0.3) is 0 Å². The van der Waals surface area contributed by atoms with E-state index in [1.165, 1.54) is 18.5 Å². The normalized spacial score (nSPS) is 22.3. The average Bonchev–Trinajstić information content (AvgIpc) is 2.90. The van der Waals surface area contributed by atoms with Gasteiger partial charge < -0.3 is 10.4 Å². The maximum atomic E-state index is 12.3. The van der Waals surface area contributed by atoms with Crippen LogP contribution in [0.15, 0.2) is 16.3 Å². The first-order valence-electron chi connectivity index (χ1n) is 7.41.